The van der Waals surface area contributed by atoms with E-state index in [0.717, 1.165) is 5.75 Å². The zero-order valence-electron chi connectivity index (χ0n) is 4.79. The van der Waals surface area contributed by atoms with Crippen LogP contribution in [0.15, 0.2) is 0 Å². The third-order valence-electron chi connectivity index (χ3n) is 0.389. The molecule has 2 nitrogen and oxygen atoms in total. The first-order valence-corrected chi connectivity index (χ1v) is 4.68. The fourth-order valence-electron chi connectivity index (χ4n) is 0.153. The van der Waals surface area contributed by atoms with Gasteiger partial charge in [-0.05, 0) is 0 Å². The van der Waals surface area contributed by atoms with Gasteiger partial charge in [0.2, 0.25) is 0 Å². The van der Waals surface area contributed by atoms with E-state index in [1.54, 1.807) is 10.8 Å². The van der Waals surface area contributed by atoms with E-state index in [2.05, 4.69) is 6.92 Å². The summed E-state index contributed by atoms with van der Waals surface area (Å²) in [7, 11) is 1.63. The molecule has 0 amide bonds. The van der Waals surface area contributed by atoms with Crippen LogP contribution in [0.2, 0.25) is 0 Å². The highest BCUT2D eigenvalue weighted by Crippen LogP contribution is 2.20. The zero-order valence-corrected chi connectivity index (χ0v) is 6.43. The fourth-order valence-corrected chi connectivity index (χ4v) is 1.16. The van der Waals surface area contributed by atoms with E-state index in [1.807, 2.05) is 0 Å². The van der Waals surface area contributed by atoms with E-state index in [1.165, 1.54) is 11.1 Å². The van der Waals surface area contributed by atoms with Gasteiger partial charge < -0.3 is 9.29 Å². The predicted octanol–water partition coefficient (Wildman–Crippen LogP) is 1.31. The highest BCUT2D eigenvalue weighted by molar-refractivity contribution is 8.74. The summed E-state index contributed by atoms with van der Waals surface area (Å²) in [6.45, 7) is 2.59. The Morgan fingerprint density at radius 3 is 2.88 bits per heavy atom. The monoisotopic (exact) mass is 154 g/mol. The first-order valence-electron chi connectivity index (χ1n) is 2.43. The van der Waals surface area contributed by atoms with Crippen molar-refractivity contribution in [2.45, 2.75) is 6.92 Å². The summed E-state index contributed by atoms with van der Waals surface area (Å²) < 4.78 is 4.85. The lowest BCUT2D eigenvalue weighted by atomic mass is 10.8. The maximum absolute atomic E-state index is 8.22. The second-order valence-electron chi connectivity index (χ2n) is 1.02. The smallest absolute Gasteiger partial charge is 0.0855 e. The molecule has 0 aromatic carbocycles. The van der Waals surface area contributed by atoms with Crippen molar-refractivity contribution in [2.24, 2.45) is 0 Å². The number of rotatable bonds is 5. The normalized spacial score (nSPS) is 9.75. The van der Waals surface area contributed by atoms with Crippen LogP contribution in [0.5, 0.6) is 0 Å². The zero-order chi connectivity index (χ0) is 6.24. The van der Waals surface area contributed by atoms with Gasteiger partial charge in [-0.3, -0.25) is 0 Å². The van der Waals surface area contributed by atoms with Gasteiger partial charge >= 0.3 is 0 Å². The Kier molecular flexibility index (Phi) is 8.21. The first-order chi connectivity index (χ1) is 3.91. The molecule has 0 saturated heterocycles. The summed E-state index contributed by atoms with van der Waals surface area (Å²) in [6, 6.07) is 0. The maximum atomic E-state index is 8.22. The largest absolute Gasteiger partial charge is 0.394 e. The SMILES string of the molecule is CCSSOCCO. The van der Waals surface area contributed by atoms with Gasteiger partial charge in [0.15, 0.2) is 0 Å². The second kappa shape index (κ2) is 7.62. The van der Waals surface area contributed by atoms with Gasteiger partial charge in [-0.25, -0.2) is 0 Å². The van der Waals surface area contributed by atoms with E-state index >= 15 is 0 Å². The van der Waals surface area contributed by atoms with E-state index in [4.69, 9.17) is 9.29 Å². The van der Waals surface area contributed by atoms with Gasteiger partial charge in [0.25, 0.3) is 0 Å². The summed E-state index contributed by atoms with van der Waals surface area (Å²) in [5.74, 6) is 1.04. The Bertz CT molecular complexity index is 37.0. The van der Waals surface area contributed by atoms with Crippen LogP contribution in [0, 0.1) is 0 Å². The van der Waals surface area contributed by atoms with Gasteiger partial charge in [0.05, 0.1) is 24.3 Å². The average Bonchev–Trinajstić information content (AvgIpc) is 1.81. The van der Waals surface area contributed by atoms with Crippen molar-refractivity contribution in [2.75, 3.05) is 19.0 Å². The van der Waals surface area contributed by atoms with E-state index < -0.39 is 0 Å². The minimum absolute atomic E-state index is 0.108. The van der Waals surface area contributed by atoms with Crippen LogP contribution < -0.4 is 0 Å². The molecule has 0 fully saturated rings. The standard InChI is InChI=1S/C4H10O2S2/c1-2-7-8-6-4-3-5/h5H,2-4H2,1H3. The van der Waals surface area contributed by atoms with Crippen LogP contribution in [0.1, 0.15) is 6.92 Å². The molecule has 0 unspecified atom stereocenters. The lowest BCUT2D eigenvalue weighted by molar-refractivity contribution is 0.222. The molecule has 0 aromatic heterocycles. The molecule has 0 rings (SSSR count). The van der Waals surface area contributed by atoms with Crippen molar-refractivity contribution in [3.05, 3.63) is 0 Å². The number of aliphatic hydroxyl groups excluding tert-OH is 1. The third kappa shape index (κ3) is 6.62. The van der Waals surface area contributed by atoms with E-state index in [9.17, 15) is 0 Å². The van der Waals surface area contributed by atoms with Gasteiger partial charge in [-0.2, -0.15) is 0 Å². The number of hydrogen-bond acceptors (Lipinski definition) is 4. The molecular formula is C4H10O2S2. The Balaban J connectivity index is 2.53. The molecule has 0 aliphatic heterocycles. The van der Waals surface area contributed by atoms with Crippen LogP contribution >= 0.6 is 21.9 Å². The Hall–Kier alpha value is 0.620. The van der Waals surface area contributed by atoms with E-state index in [0.29, 0.717) is 6.61 Å². The van der Waals surface area contributed by atoms with Crippen LogP contribution in [0.25, 0.3) is 0 Å². The fraction of sp³-hybridized carbons (Fsp3) is 1.00. The lowest BCUT2D eigenvalue weighted by Gasteiger charge is -1.94. The van der Waals surface area contributed by atoms with Crippen LogP contribution in [0.4, 0.5) is 0 Å². The minimum atomic E-state index is 0.108. The van der Waals surface area contributed by atoms with E-state index in [-0.39, 0.29) is 6.61 Å². The molecule has 50 valence electrons. The molecule has 0 spiro atoms. The van der Waals surface area contributed by atoms with Crippen molar-refractivity contribution >= 4 is 21.9 Å². The molecular weight excluding hydrogens is 144 g/mol. The van der Waals surface area contributed by atoms with Crippen LogP contribution in [-0.4, -0.2) is 24.1 Å². The van der Waals surface area contributed by atoms with Gasteiger partial charge in [0, 0.05) is 5.75 Å². The molecule has 0 bridgehead atoms. The molecule has 4 heteroatoms. The average molecular weight is 154 g/mol. The van der Waals surface area contributed by atoms with Crippen molar-refractivity contribution < 1.29 is 9.29 Å². The highest BCUT2D eigenvalue weighted by atomic mass is 33.1. The van der Waals surface area contributed by atoms with Crippen molar-refractivity contribution in [1.82, 2.24) is 0 Å². The summed E-state index contributed by atoms with van der Waals surface area (Å²) in [5, 5.41) is 8.22. The molecule has 1 N–H and O–H groups in total. The van der Waals surface area contributed by atoms with Gasteiger partial charge in [0.1, 0.15) is 0 Å². The van der Waals surface area contributed by atoms with Crippen LogP contribution in [0.3, 0.4) is 0 Å². The Morgan fingerprint density at radius 2 is 2.38 bits per heavy atom. The minimum Gasteiger partial charge on any atom is -0.394 e. The maximum Gasteiger partial charge on any atom is 0.0855 e. The van der Waals surface area contributed by atoms with Gasteiger partial charge in [-0.1, -0.05) is 17.7 Å². The molecule has 0 heterocycles. The Labute approximate surface area is 57.6 Å². The summed E-state index contributed by atoms with van der Waals surface area (Å²) >= 11 is 1.33. The quantitative estimate of drug-likeness (QED) is 0.367. The highest BCUT2D eigenvalue weighted by Gasteiger charge is 1.84. The summed E-state index contributed by atoms with van der Waals surface area (Å²) in [4.78, 5) is 0. The Morgan fingerprint density at radius 1 is 1.62 bits per heavy atom. The van der Waals surface area contributed by atoms with Crippen molar-refractivity contribution in [1.29, 1.82) is 0 Å². The molecule has 0 aliphatic rings. The molecule has 0 aliphatic carbocycles. The molecule has 0 aromatic rings. The first kappa shape index (κ1) is 8.62. The second-order valence-corrected chi connectivity index (χ2v) is 3.32. The van der Waals surface area contributed by atoms with Crippen LogP contribution in [-0.2, 0) is 4.18 Å². The summed E-state index contributed by atoms with van der Waals surface area (Å²) in [6.07, 6.45) is 0. The topological polar surface area (TPSA) is 29.5 Å². The molecule has 0 radical (unpaired) electrons. The van der Waals surface area contributed by atoms with Gasteiger partial charge in [-0.15, -0.1) is 0 Å². The van der Waals surface area contributed by atoms with Crippen molar-refractivity contribution in [3.8, 4) is 0 Å². The third-order valence-corrected chi connectivity index (χ3v) is 2.27. The molecule has 8 heavy (non-hydrogen) atoms. The van der Waals surface area contributed by atoms with Crippen molar-refractivity contribution in [3.63, 3.8) is 0 Å². The molecule has 0 atom stereocenters. The number of aliphatic hydroxyl groups is 1. The summed E-state index contributed by atoms with van der Waals surface area (Å²) in [5.41, 5.74) is 0. The number of hydrogen-bond donors (Lipinski definition) is 1. The predicted molar refractivity (Wildman–Crippen MR) is 38.8 cm³/mol. The lowest BCUT2D eigenvalue weighted by Crippen LogP contribution is -1.90. The molecule has 0 saturated carbocycles.